The third-order valence-corrected chi connectivity index (χ3v) is 9.70. The number of sulfonamides is 1. The predicted octanol–water partition coefficient (Wildman–Crippen LogP) is 5.46. The first kappa shape index (κ1) is 30.7. The standard InChI is InChI=1S/C33H41N5O4S/c1-5-41-30-16-13-26(23-31(30)42-6-2)17-18-34-33-28-9-7-8-10-29(28)35-32(36-33)25(4)37-19-21-38(22-20-37)43(39,40)27-14-11-24(3)12-15-27/h7-16,23,25H,5-6,17-22H2,1-4H3,(H,34,35,36). The lowest BCUT2D eigenvalue weighted by Gasteiger charge is -2.36. The van der Waals surface area contributed by atoms with Crippen LogP contribution in [0.1, 0.15) is 43.8 Å². The molecule has 3 aromatic carbocycles. The highest BCUT2D eigenvalue weighted by molar-refractivity contribution is 7.89. The molecule has 1 unspecified atom stereocenters. The van der Waals surface area contributed by atoms with Gasteiger partial charge in [0.25, 0.3) is 0 Å². The smallest absolute Gasteiger partial charge is 0.243 e. The van der Waals surface area contributed by atoms with Gasteiger partial charge >= 0.3 is 0 Å². The van der Waals surface area contributed by atoms with Gasteiger partial charge in [0.2, 0.25) is 10.0 Å². The number of fused-ring (bicyclic) bond motifs is 1. The summed E-state index contributed by atoms with van der Waals surface area (Å²) in [5, 5.41) is 4.51. The second-order valence-electron chi connectivity index (χ2n) is 10.7. The number of aromatic nitrogens is 2. The lowest BCUT2D eigenvalue weighted by atomic mass is 10.1. The third-order valence-electron chi connectivity index (χ3n) is 7.79. The van der Waals surface area contributed by atoms with E-state index < -0.39 is 10.0 Å². The Morgan fingerprint density at radius 1 is 0.884 bits per heavy atom. The Kier molecular flexibility index (Phi) is 9.79. The summed E-state index contributed by atoms with van der Waals surface area (Å²) in [7, 11) is -3.52. The maximum absolute atomic E-state index is 13.2. The topological polar surface area (TPSA) is 96.9 Å². The van der Waals surface area contributed by atoms with Crippen LogP contribution >= 0.6 is 0 Å². The van der Waals surface area contributed by atoms with Crippen molar-refractivity contribution in [3.63, 3.8) is 0 Å². The summed E-state index contributed by atoms with van der Waals surface area (Å²) in [4.78, 5) is 12.5. The Labute approximate surface area is 254 Å². The summed E-state index contributed by atoms with van der Waals surface area (Å²) < 4.78 is 39.5. The molecule has 9 nitrogen and oxygen atoms in total. The predicted molar refractivity (Wildman–Crippen MR) is 170 cm³/mol. The molecule has 0 aliphatic carbocycles. The van der Waals surface area contributed by atoms with Crippen LogP contribution in [-0.4, -0.2) is 73.5 Å². The van der Waals surface area contributed by atoms with Crippen LogP contribution in [0.15, 0.2) is 71.6 Å². The first-order valence-corrected chi connectivity index (χ1v) is 16.4. The van der Waals surface area contributed by atoms with E-state index in [-0.39, 0.29) is 6.04 Å². The number of piperazine rings is 1. The van der Waals surface area contributed by atoms with Gasteiger partial charge in [0.05, 0.1) is 29.7 Å². The normalized spacial score (nSPS) is 15.3. The molecule has 0 saturated carbocycles. The second-order valence-corrected chi connectivity index (χ2v) is 12.6. The number of benzene rings is 3. The third kappa shape index (κ3) is 7.09. The zero-order valence-electron chi connectivity index (χ0n) is 25.4. The van der Waals surface area contributed by atoms with E-state index in [4.69, 9.17) is 19.4 Å². The molecule has 1 atom stereocenters. The van der Waals surface area contributed by atoms with Crippen molar-refractivity contribution in [2.24, 2.45) is 0 Å². The summed E-state index contributed by atoms with van der Waals surface area (Å²) in [6.45, 7) is 11.9. The van der Waals surface area contributed by atoms with Gasteiger partial charge in [-0.3, -0.25) is 4.90 Å². The van der Waals surface area contributed by atoms with Crippen molar-refractivity contribution in [1.29, 1.82) is 0 Å². The van der Waals surface area contributed by atoms with Gasteiger partial charge in [-0.15, -0.1) is 0 Å². The molecular weight excluding hydrogens is 562 g/mol. The first-order chi connectivity index (χ1) is 20.8. The Morgan fingerprint density at radius 2 is 1.58 bits per heavy atom. The molecule has 1 fully saturated rings. The zero-order valence-corrected chi connectivity index (χ0v) is 26.2. The molecule has 0 spiro atoms. The molecule has 0 radical (unpaired) electrons. The Morgan fingerprint density at radius 3 is 2.30 bits per heavy atom. The van der Waals surface area contributed by atoms with Gasteiger partial charge in [-0.25, -0.2) is 18.4 Å². The van der Waals surface area contributed by atoms with E-state index in [1.54, 1.807) is 16.4 Å². The van der Waals surface area contributed by atoms with Crippen molar-refractivity contribution in [2.45, 2.75) is 45.1 Å². The van der Waals surface area contributed by atoms with Crippen molar-refractivity contribution in [3.05, 3.63) is 83.7 Å². The molecule has 0 amide bonds. The molecule has 4 aromatic rings. The Balaban J connectivity index is 1.27. The number of rotatable bonds is 12. The fourth-order valence-corrected chi connectivity index (χ4v) is 6.77. The average Bonchev–Trinajstić information content (AvgIpc) is 3.02. The number of nitrogens with zero attached hydrogens (tertiary/aromatic N) is 4. The van der Waals surface area contributed by atoms with Crippen LogP contribution in [0.4, 0.5) is 5.82 Å². The minimum Gasteiger partial charge on any atom is -0.490 e. The lowest BCUT2D eigenvalue weighted by molar-refractivity contribution is 0.141. The van der Waals surface area contributed by atoms with Crippen molar-refractivity contribution in [2.75, 3.05) is 51.3 Å². The van der Waals surface area contributed by atoms with Crippen LogP contribution in [0.25, 0.3) is 10.9 Å². The van der Waals surface area contributed by atoms with Crippen LogP contribution in [0, 0.1) is 6.92 Å². The summed E-state index contributed by atoms with van der Waals surface area (Å²) in [6, 6.07) is 21.1. The number of hydrogen-bond acceptors (Lipinski definition) is 8. The number of para-hydroxylation sites is 1. The fourth-order valence-electron chi connectivity index (χ4n) is 5.35. The van der Waals surface area contributed by atoms with Crippen molar-refractivity contribution < 1.29 is 17.9 Å². The van der Waals surface area contributed by atoms with Crippen LogP contribution in [0.5, 0.6) is 11.5 Å². The monoisotopic (exact) mass is 603 g/mol. The van der Waals surface area contributed by atoms with Crippen LogP contribution in [0.2, 0.25) is 0 Å². The molecule has 2 heterocycles. The van der Waals surface area contributed by atoms with Crippen molar-refractivity contribution >= 4 is 26.7 Å². The SMILES string of the molecule is CCOc1ccc(CCNc2nc(C(C)N3CCN(S(=O)(=O)c4ccc(C)cc4)CC3)nc3ccccc23)cc1OCC. The van der Waals surface area contributed by atoms with Gasteiger partial charge in [-0.2, -0.15) is 4.31 Å². The van der Waals surface area contributed by atoms with E-state index in [0.717, 1.165) is 51.6 Å². The van der Waals surface area contributed by atoms with Gasteiger partial charge in [0, 0.05) is 38.1 Å². The molecule has 1 aromatic heterocycles. The number of hydrogen-bond donors (Lipinski definition) is 1. The zero-order chi connectivity index (χ0) is 30.4. The summed E-state index contributed by atoms with van der Waals surface area (Å²) in [5.74, 6) is 3.03. The van der Waals surface area contributed by atoms with Gasteiger partial charge in [0.1, 0.15) is 11.6 Å². The molecule has 43 heavy (non-hydrogen) atoms. The van der Waals surface area contributed by atoms with E-state index in [1.165, 1.54) is 0 Å². The molecule has 1 saturated heterocycles. The molecular formula is C33H41N5O4S. The van der Waals surface area contributed by atoms with Gasteiger partial charge in [-0.1, -0.05) is 35.9 Å². The van der Waals surface area contributed by atoms with Crippen LogP contribution < -0.4 is 14.8 Å². The Bertz CT molecular complexity index is 1640. The molecule has 0 bridgehead atoms. The van der Waals surface area contributed by atoms with Crippen LogP contribution in [-0.2, 0) is 16.4 Å². The van der Waals surface area contributed by atoms with E-state index in [9.17, 15) is 8.42 Å². The molecule has 1 N–H and O–H groups in total. The fraction of sp³-hybridized carbons (Fsp3) is 0.394. The lowest BCUT2D eigenvalue weighted by Crippen LogP contribution is -2.49. The number of aryl methyl sites for hydroxylation is 1. The van der Waals surface area contributed by atoms with Gasteiger partial charge < -0.3 is 14.8 Å². The molecule has 5 rings (SSSR count). The summed E-state index contributed by atoms with van der Waals surface area (Å²) in [6.07, 6.45) is 0.785. The van der Waals surface area contributed by atoms with Crippen molar-refractivity contribution in [3.8, 4) is 11.5 Å². The maximum Gasteiger partial charge on any atom is 0.243 e. The second kappa shape index (κ2) is 13.7. The number of anilines is 1. The Hall–Kier alpha value is -3.73. The minimum atomic E-state index is -3.52. The highest BCUT2D eigenvalue weighted by atomic mass is 32.2. The summed E-state index contributed by atoms with van der Waals surface area (Å²) >= 11 is 0. The first-order valence-electron chi connectivity index (χ1n) is 15.0. The van der Waals surface area contributed by atoms with Crippen molar-refractivity contribution in [1.82, 2.24) is 19.2 Å². The van der Waals surface area contributed by atoms with Gasteiger partial charge in [-0.05, 0) is 76.1 Å². The minimum absolute atomic E-state index is 0.0748. The van der Waals surface area contributed by atoms with E-state index in [2.05, 4.69) is 23.2 Å². The van der Waals surface area contributed by atoms with E-state index >= 15 is 0 Å². The van der Waals surface area contributed by atoms with Gasteiger partial charge in [0.15, 0.2) is 11.5 Å². The van der Waals surface area contributed by atoms with Crippen LogP contribution in [0.3, 0.4) is 0 Å². The number of nitrogens with one attached hydrogen (secondary N) is 1. The molecule has 1 aliphatic heterocycles. The highest BCUT2D eigenvalue weighted by Gasteiger charge is 2.31. The average molecular weight is 604 g/mol. The molecule has 1 aliphatic rings. The molecule has 228 valence electrons. The largest absolute Gasteiger partial charge is 0.490 e. The summed E-state index contributed by atoms with van der Waals surface area (Å²) in [5.41, 5.74) is 3.06. The number of ether oxygens (including phenoxy) is 2. The van der Waals surface area contributed by atoms with E-state index in [0.29, 0.717) is 50.8 Å². The molecule has 10 heteroatoms. The van der Waals surface area contributed by atoms with E-state index in [1.807, 2.05) is 69.3 Å². The quantitative estimate of drug-likeness (QED) is 0.228. The maximum atomic E-state index is 13.2. The highest BCUT2D eigenvalue weighted by Crippen LogP contribution is 2.30.